The van der Waals surface area contributed by atoms with Gasteiger partial charge in [0, 0.05) is 43.4 Å². The van der Waals surface area contributed by atoms with Crippen molar-refractivity contribution in [2.45, 2.75) is 6.54 Å². The third kappa shape index (κ3) is 3.55. The third-order valence-corrected chi connectivity index (χ3v) is 5.24. The van der Waals surface area contributed by atoms with Crippen LogP contribution in [0.3, 0.4) is 0 Å². The van der Waals surface area contributed by atoms with Crippen LogP contribution in [0, 0.1) is 0 Å². The van der Waals surface area contributed by atoms with Gasteiger partial charge in [0.25, 0.3) is 10.9 Å². The molecule has 0 spiro atoms. The number of benzene rings is 2. The first-order valence-electron chi connectivity index (χ1n) is 9.00. The van der Waals surface area contributed by atoms with Crippen molar-refractivity contribution in [3.05, 3.63) is 85.6 Å². The quantitative estimate of drug-likeness (QED) is 0.689. The van der Waals surface area contributed by atoms with Crippen molar-refractivity contribution < 1.29 is 0 Å². The van der Waals surface area contributed by atoms with Gasteiger partial charge in [0.05, 0.1) is 0 Å². The molecule has 138 valence electrons. The van der Waals surface area contributed by atoms with Crippen molar-refractivity contribution >= 4 is 28.7 Å². The number of piperazine rings is 1. The topological polar surface area (TPSA) is 52.7 Å². The summed E-state index contributed by atoms with van der Waals surface area (Å²) in [6.07, 6.45) is 0. The Kier molecular flexibility index (Phi) is 4.86. The third-order valence-electron chi connectivity index (χ3n) is 4.98. The molecule has 1 N–H and O–H groups in total. The molecule has 1 aliphatic heterocycles. The normalized spacial score (nSPS) is 14.6. The monoisotopic (exact) mass is 381 g/mol. The fourth-order valence-electron chi connectivity index (χ4n) is 3.47. The van der Waals surface area contributed by atoms with Gasteiger partial charge in [0.2, 0.25) is 0 Å². The highest BCUT2D eigenvalue weighted by molar-refractivity contribution is 6.30. The molecule has 27 heavy (non-hydrogen) atoms. The second-order valence-corrected chi connectivity index (χ2v) is 7.11. The van der Waals surface area contributed by atoms with Crippen LogP contribution in [0.25, 0.3) is 0 Å². The average molecular weight is 382 g/mol. The van der Waals surface area contributed by atoms with Crippen LogP contribution in [-0.4, -0.2) is 26.2 Å². The summed E-state index contributed by atoms with van der Waals surface area (Å²) in [7, 11) is 0. The Morgan fingerprint density at radius 3 is 2.11 bits per heavy atom. The van der Waals surface area contributed by atoms with Gasteiger partial charge in [-0.3, -0.25) is 9.59 Å². The summed E-state index contributed by atoms with van der Waals surface area (Å²) < 4.78 is 0. The average Bonchev–Trinajstić information content (AvgIpc) is 2.72. The molecular formula is C21H20ClN3O2. The highest BCUT2D eigenvalue weighted by atomic mass is 35.5. The van der Waals surface area contributed by atoms with Gasteiger partial charge in [0.15, 0.2) is 0 Å². The number of hydrogen-bond acceptors (Lipinski definition) is 5. The Labute approximate surface area is 162 Å². The molecule has 6 heteroatoms. The molecule has 0 radical (unpaired) electrons. The fourth-order valence-corrected chi connectivity index (χ4v) is 3.59. The van der Waals surface area contributed by atoms with Gasteiger partial charge in [-0.15, -0.1) is 0 Å². The minimum atomic E-state index is -0.426. The van der Waals surface area contributed by atoms with E-state index in [4.69, 9.17) is 11.6 Å². The predicted molar refractivity (Wildman–Crippen MR) is 111 cm³/mol. The molecule has 0 bridgehead atoms. The van der Waals surface area contributed by atoms with Crippen LogP contribution in [0.2, 0.25) is 5.02 Å². The highest BCUT2D eigenvalue weighted by Crippen LogP contribution is 2.24. The van der Waals surface area contributed by atoms with Gasteiger partial charge >= 0.3 is 0 Å². The smallest absolute Gasteiger partial charge is 0.253 e. The molecule has 0 saturated carbocycles. The van der Waals surface area contributed by atoms with Crippen LogP contribution in [0.4, 0.5) is 17.1 Å². The van der Waals surface area contributed by atoms with E-state index in [2.05, 4.69) is 22.3 Å². The summed E-state index contributed by atoms with van der Waals surface area (Å²) in [4.78, 5) is 28.5. The summed E-state index contributed by atoms with van der Waals surface area (Å²) in [5.74, 6) is 0. The Morgan fingerprint density at radius 2 is 1.44 bits per heavy atom. The maximum Gasteiger partial charge on any atom is 0.253 e. The first kappa shape index (κ1) is 17.6. The van der Waals surface area contributed by atoms with Gasteiger partial charge < -0.3 is 15.1 Å². The minimum absolute atomic E-state index is 0.387. The first-order valence-corrected chi connectivity index (χ1v) is 9.38. The maximum atomic E-state index is 12.2. The van der Waals surface area contributed by atoms with Gasteiger partial charge in [-0.1, -0.05) is 41.9 Å². The fraction of sp³-hybridized carbons (Fsp3) is 0.238. The second kappa shape index (κ2) is 7.45. The minimum Gasteiger partial charge on any atom is -0.376 e. The molecule has 0 aromatic heterocycles. The van der Waals surface area contributed by atoms with E-state index in [0.29, 0.717) is 22.9 Å². The Bertz CT molecular complexity index is 987. The molecule has 0 unspecified atom stereocenters. The van der Waals surface area contributed by atoms with E-state index in [9.17, 15) is 9.59 Å². The second-order valence-electron chi connectivity index (χ2n) is 6.67. The van der Waals surface area contributed by atoms with Crippen LogP contribution >= 0.6 is 11.6 Å². The molecule has 0 aliphatic carbocycles. The van der Waals surface area contributed by atoms with Crippen LogP contribution in [-0.2, 0) is 6.54 Å². The molecule has 3 aromatic rings. The molecule has 1 fully saturated rings. The molecule has 1 saturated heterocycles. The summed E-state index contributed by atoms with van der Waals surface area (Å²) in [6.45, 7) is 3.56. The number of rotatable bonds is 5. The molecule has 0 amide bonds. The lowest BCUT2D eigenvalue weighted by Gasteiger charge is -2.38. The number of hydrogen-bond donors (Lipinski definition) is 1. The summed E-state index contributed by atoms with van der Waals surface area (Å²) in [6, 6.07) is 17.7. The van der Waals surface area contributed by atoms with E-state index >= 15 is 0 Å². The van der Waals surface area contributed by atoms with Crippen LogP contribution in [0.15, 0.2) is 64.2 Å². The molecular weight excluding hydrogens is 362 g/mol. The van der Waals surface area contributed by atoms with Crippen molar-refractivity contribution in [2.75, 3.05) is 41.3 Å². The number of nitrogens with zero attached hydrogens (tertiary/aromatic N) is 2. The van der Waals surface area contributed by atoms with Crippen LogP contribution in [0.1, 0.15) is 5.56 Å². The van der Waals surface area contributed by atoms with Gasteiger partial charge in [-0.2, -0.15) is 0 Å². The van der Waals surface area contributed by atoms with Crippen molar-refractivity contribution in [3.63, 3.8) is 0 Å². The van der Waals surface area contributed by atoms with E-state index in [1.807, 2.05) is 47.4 Å². The zero-order chi connectivity index (χ0) is 18.8. The lowest BCUT2D eigenvalue weighted by atomic mass is 10.1. The SMILES string of the molecule is O=c1c(NCc2ccc(Cl)cc2)c(N2CCN(c3ccccc3)CC2)c1=O. The van der Waals surface area contributed by atoms with E-state index in [-0.39, 0.29) is 5.43 Å². The van der Waals surface area contributed by atoms with Crippen molar-refractivity contribution in [1.29, 1.82) is 0 Å². The largest absolute Gasteiger partial charge is 0.376 e. The molecule has 1 heterocycles. The lowest BCUT2D eigenvalue weighted by molar-refractivity contribution is 0.650. The van der Waals surface area contributed by atoms with Crippen LogP contribution < -0.4 is 26.0 Å². The Hall–Kier alpha value is -2.79. The number of anilines is 3. The highest BCUT2D eigenvalue weighted by Gasteiger charge is 2.28. The molecule has 5 nitrogen and oxygen atoms in total. The van der Waals surface area contributed by atoms with E-state index in [1.165, 1.54) is 5.69 Å². The van der Waals surface area contributed by atoms with E-state index in [0.717, 1.165) is 31.7 Å². The molecule has 1 aliphatic rings. The standard InChI is InChI=1S/C21H20ClN3O2/c22-16-8-6-15(7-9-16)14-23-18-19(21(27)20(18)26)25-12-10-24(11-13-25)17-4-2-1-3-5-17/h1-9,23H,10-14H2. The van der Waals surface area contributed by atoms with E-state index < -0.39 is 5.43 Å². The summed E-state index contributed by atoms with van der Waals surface area (Å²) in [5.41, 5.74) is 2.34. The zero-order valence-electron chi connectivity index (χ0n) is 14.8. The Morgan fingerprint density at radius 1 is 0.815 bits per heavy atom. The van der Waals surface area contributed by atoms with E-state index in [1.54, 1.807) is 0 Å². The van der Waals surface area contributed by atoms with Crippen molar-refractivity contribution in [1.82, 2.24) is 0 Å². The summed E-state index contributed by atoms with van der Waals surface area (Å²) >= 11 is 5.90. The predicted octanol–water partition coefficient (Wildman–Crippen LogP) is 2.87. The summed E-state index contributed by atoms with van der Waals surface area (Å²) in [5, 5.41) is 3.81. The van der Waals surface area contributed by atoms with Crippen molar-refractivity contribution in [2.24, 2.45) is 0 Å². The van der Waals surface area contributed by atoms with Crippen LogP contribution in [0.5, 0.6) is 0 Å². The van der Waals surface area contributed by atoms with Gasteiger partial charge in [-0.25, -0.2) is 0 Å². The van der Waals surface area contributed by atoms with Gasteiger partial charge in [-0.05, 0) is 29.8 Å². The first-order chi connectivity index (χ1) is 13.1. The zero-order valence-corrected chi connectivity index (χ0v) is 15.6. The van der Waals surface area contributed by atoms with Gasteiger partial charge in [0.1, 0.15) is 11.4 Å². The molecule has 0 atom stereocenters. The number of para-hydroxylation sites is 1. The number of nitrogens with one attached hydrogen (secondary N) is 1. The van der Waals surface area contributed by atoms with Crippen molar-refractivity contribution in [3.8, 4) is 0 Å². The molecule has 4 rings (SSSR count). The molecule has 3 aromatic carbocycles. The Balaban J connectivity index is 1.43. The maximum absolute atomic E-state index is 12.2. The number of halogens is 1. The lowest BCUT2D eigenvalue weighted by Crippen LogP contribution is -2.51.